The molecule has 2 saturated carbocycles. The van der Waals surface area contributed by atoms with Crippen molar-refractivity contribution in [2.24, 2.45) is 0 Å². The first-order valence-corrected chi connectivity index (χ1v) is 9.67. The molecule has 16 heavy (non-hydrogen) atoms. The fraction of sp³-hybridized carbons (Fsp3) is 1.00. The Morgan fingerprint density at radius 2 is 1.06 bits per heavy atom. The Morgan fingerprint density at radius 1 is 0.688 bits per heavy atom. The molecule has 0 bridgehead atoms. The lowest BCUT2D eigenvalue weighted by Gasteiger charge is -2.30. The Bertz CT molecular complexity index is 166. The maximum absolute atomic E-state index is 3.89. The van der Waals surface area contributed by atoms with Crippen molar-refractivity contribution in [1.29, 1.82) is 0 Å². The smallest absolute Gasteiger partial charge is 0.181 e. The third-order valence-electron chi connectivity index (χ3n) is 4.18. The molecule has 94 valence electrons. The molecular formula is C13H28N2Si. The molecule has 2 rings (SSSR count). The minimum absolute atomic E-state index is 0.839. The maximum atomic E-state index is 3.89. The molecule has 0 saturated heterocycles. The van der Waals surface area contributed by atoms with Crippen LogP contribution in [0, 0.1) is 0 Å². The van der Waals surface area contributed by atoms with Crippen LogP contribution >= 0.6 is 0 Å². The van der Waals surface area contributed by atoms with Gasteiger partial charge in [0.15, 0.2) is 9.12 Å². The van der Waals surface area contributed by atoms with Gasteiger partial charge in [-0.3, -0.25) is 0 Å². The lowest BCUT2D eigenvalue weighted by molar-refractivity contribution is 0.397. The lowest BCUT2D eigenvalue weighted by atomic mass is 9.96. The van der Waals surface area contributed by atoms with Crippen LogP contribution in [0.15, 0.2) is 0 Å². The first-order valence-electron chi connectivity index (χ1n) is 7.37. The van der Waals surface area contributed by atoms with E-state index in [0.717, 1.165) is 12.1 Å². The average Bonchev–Trinajstić information content (AvgIpc) is 2.31. The molecule has 0 aromatic heterocycles. The van der Waals surface area contributed by atoms with Crippen molar-refractivity contribution in [2.45, 2.75) is 82.8 Å². The summed E-state index contributed by atoms with van der Waals surface area (Å²) in [5.41, 5.74) is 0. The summed E-state index contributed by atoms with van der Waals surface area (Å²) < 4.78 is 0. The van der Waals surface area contributed by atoms with Crippen molar-refractivity contribution in [3.05, 3.63) is 0 Å². The molecule has 2 N–H and O–H groups in total. The summed E-state index contributed by atoms with van der Waals surface area (Å²) in [4.78, 5) is 7.79. The monoisotopic (exact) mass is 240 g/mol. The Labute approximate surface area is 102 Å². The van der Waals surface area contributed by atoms with Gasteiger partial charge in [0.2, 0.25) is 0 Å². The van der Waals surface area contributed by atoms with Gasteiger partial charge in [-0.25, -0.2) is 0 Å². The van der Waals surface area contributed by atoms with E-state index in [1.165, 1.54) is 64.2 Å². The van der Waals surface area contributed by atoms with Gasteiger partial charge >= 0.3 is 0 Å². The van der Waals surface area contributed by atoms with E-state index in [4.69, 9.17) is 0 Å². The Morgan fingerprint density at radius 3 is 1.44 bits per heavy atom. The molecule has 0 amide bonds. The zero-order chi connectivity index (χ0) is 11.2. The summed E-state index contributed by atoms with van der Waals surface area (Å²) in [5.74, 6) is 0. The average molecular weight is 240 g/mol. The predicted molar refractivity (Wildman–Crippen MR) is 73.0 cm³/mol. The minimum Gasteiger partial charge on any atom is -0.325 e. The molecular weight excluding hydrogens is 212 g/mol. The van der Waals surface area contributed by atoms with Gasteiger partial charge < -0.3 is 9.96 Å². The van der Waals surface area contributed by atoms with Crippen LogP contribution in [0.1, 0.15) is 64.2 Å². The zero-order valence-corrected chi connectivity index (χ0v) is 12.0. The fourth-order valence-corrected chi connectivity index (χ4v) is 5.47. The Hall–Kier alpha value is 0.137. The second kappa shape index (κ2) is 6.77. The van der Waals surface area contributed by atoms with E-state index in [2.05, 4.69) is 16.5 Å². The highest BCUT2D eigenvalue weighted by Crippen LogP contribution is 2.19. The van der Waals surface area contributed by atoms with E-state index in [0.29, 0.717) is 0 Å². The van der Waals surface area contributed by atoms with Crippen molar-refractivity contribution in [3.63, 3.8) is 0 Å². The molecule has 0 spiro atoms. The van der Waals surface area contributed by atoms with Crippen LogP contribution in [0.3, 0.4) is 0 Å². The van der Waals surface area contributed by atoms with Crippen LogP contribution < -0.4 is 9.96 Å². The fourth-order valence-electron chi connectivity index (χ4n) is 3.29. The summed E-state index contributed by atoms with van der Waals surface area (Å²) in [6, 6.07) is 1.68. The largest absolute Gasteiger partial charge is 0.325 e. The van der Waals surface area contributed by atoms with Crippen LogP contribution in [-0.2, 0) is 0 Å². The topological polar surface area (TPSA) is 24.1 Å². The van der Waals surface area contributed by atoms with Gasteiger partial charge in [-0.1, -0.05) is 38.5 Å². The van der Waals surface area contributed by atoms with Crippen molar-refractivity contribution in [2.75, 3.05) is 0 Å². The van der Waals surface area contributed by atoms with E-state index in [9.17, 15) is 0 Å². The number of nitrogens with one attached hydrogen (secondary N) is 2. The minimum atomic E-state index is -0.849. The maximum Gasteiger partial charge on any atom is 0.181 e. The standard InChI is InChI=1S/C13H28N2Si/c1-16(14-12-8-4-2-5-9-12)15-13-10-6-3-7-11-13/h12-16H,2-11H2,1H3. The molecule has 0 aliphatic heterocycles. The highest BCUT2D eigenvalue weighted by molar-refractivity contribution is 6.51. The van der Waals surface area contributed by atoms with Gasteiger partial charge in [0.05, 0.1) is 0 Å². The van der Waals surface area contributed by atoms with E-state index in [1.54, 1.807) is 0 Å². The molecule has 0 unspecified atom stereocenters. The van der Waals surface area contributed by atoms with Gasteiger partial charge in [0.1, 0.15) is 0 Å². The second-order valence-electron chi connectivity index (χ2n) is 5.72. The van der Waals surface area contributed by atoms with Gasteiger partial charge in [-0.05, 0) is 32.2 Å². The zero-order valence-electron chi connectivity index (χ0n) is 10.8. The molecule has 0 heterocycles. The van der Waals surface area contributed by atoms with Gasteiger partial charge in [0, 0.05) is 12.1 Å². The Kier molecular flexibility index (Phi) is 5.33. The van der Waals surface area contributed by atoms with Gasteiger partial charge in [-0.2, -0.15) is 0 Å². The predicted octanol–water partition coefficient (Wildman–Crippen LogP) is 2.68. The summed E-state index contributed by atoms with van der Waals surface area (Å²) >= 11 is 0. The summed E-state index contributed by atoms with van der Waals surface area (Å²) in [5, 5.41) is 0. The molecule has 2 aliphatic rings. The van der Waals surface area contributed by atoms with Crippen LogP contribution in [0.5, 0.6) is 0 Å². The van der Waals surface area contributed by atoms with Crippen LogP contribution in [-0.4, -0.2) is 21.2 Å². The van der Waals surface area contributed by atoms with Crippen LogP contribution in [0.25, 0.3) is 0 Å². The molecule has 0 aromatic carbocycles. The van der Waals surface area contributed by atoms with E-state index in [-0.39, 0.29) is 0 Å². The third kappa shape index (κ3) is 4.19. The first kappa shape index (κ1) is 12.6. The molecule has 2 nitrogen and oxygen atoms in total. The lowest BCUT2D eigenvalue weighted by Crippen LogP contribution is -2.54. The normalized spacial score (nSPS) is 25.1. The van der Waals surface area contributed by atoms with E-state index < -0.39 is 9.12 Å². The first-order chi connectivity index (χ1) is 7.84. The third-order valence-corrected chi connectivity index (χ3v) is 6.12. The number of hydrogen-bond donors (Lipinski definition) is 2. The summed E-state index contributed by atoms with van der Waals surface area (Å²) in [6.45, 7) is 2.43. The quantitative estimate of drug-likeness (QED) is 0.738. The summed E-state index contributed by atoms with van der Waals surface area (Å²) in [6.07, 6.45) is 14.4. The molecule has 0 atom stereocenters. The van der Waals surface area contributed by atoms with Crippen molar-refractivity contribution < 1.29 is 0 Å². The number of rotatable bonds is 4. The van der Waals surface area contributed by atoms with Crippen molar-refractivity contribution in [1.82, 2.24) is 9.96 Å². The molecule has 0 radical (unpaired) electrons. The summed E-state index contributed by atoms with van der Waals surface area (Å²) in [7, 11) is -0.849. The Balaban J connectivity index is 1.64. The molecule has 2 fully saturated rings. The van der Waals surface area contributed by atoms with E-state index in [1.807, 2.05) is 0 Å². The SMILES string of the molecule is C[SiH](NC1CCCCC1)NC1CCCCC1. The van der Waals surface area contributed by atoms with Crippen LogP contribution in [0.4, 0.5) is 0 Å². The number of hydrogen-bond acceptors (Lipinski definition) is 2. The van der Waals surface area contributed by atoms with Crippen molar-refractivity contribution in [3.8, 4) is 0 Å². The van der Waals surface area contributed by atoms with Gasteiger partial charge in [-0.15, -0.1) is 0 Å². The highest BCUT2D eigenvalue weighted by atomic mass is 28.3. The molecule has 2 aliphatic carbocycles. The van der Waals surface area contributed by atoms with Gasteiger partial charge in [0.25, 0.3) is 0 Å². The van der Waals surface area contributed by atoms with Crippen LogP contribution in [0.2, 0.25) is 6.55 Å². The van der Waals surface area contributed by atoms with E-state index >= 15 is 0 Å². The van der Waals surface area contributed by atoms with Crippen molar-refractivity contribution >= 4 is 9.12 Å². The molecule has 0 aromatic rings. The molecule has 3 heteroatoms. The highest BCUT2D eigenvalue weighted by Gasteiger charge is 2.19. The second-order valence-corrected chi connectivity index (χ2v) is 7.83.